The fourth-order valence-corrected chi connectivity index (χ4v) is 3.50. The van der Waals surface area contributed by atoms with Gasteiger partial charge in [0, 0.05) is 30.9 Å². The van der Waals surface area contributed by atoms with Gasteiger partial charge in [-0.3, -0.25) is 4.79 Å². The van der Waals surface area contributed by atoms with Crippen LogP contribution < -0.4 is 5.73 Å². The van der Waals surface area contributed by atoms with Gasteiger partial charge in [0.1, 0.15) is 5.69 Å². The highest BCUT2D eigenvalue weighted by Gasteiger charge is 2.35. The Morgan fingerprint density at radius 3 is 2.80 bits per heavy atom. The summed E-state index contributed by atoms with van der Waals surface area (Å²) in [7, 11) is 0. The monoisotopic (exact) mass is 295 g/mol. The highest BCUT2D eigenvalue weighted by Crippen LogP contribution is 2.38. The third-order valence-corrected chi connectivity index (χ3v) is 4.72. The molecule has 1 aromatic heterocycles. The largest absolute Gasteiger partial charge is 0.339 e. The van der Waals surface area contributed by atoms with Crippen LogP contribution in [0.3, 0.4) is 0 Å². The van der Waals surface area contributed by atoms with Crippen LogP contribution >= 0.6 is 11.6 Å². The summed E-state index contributed by atoms with van der Waals surface area (Å²) in [6.07, 6.45) is 7.38. The molecule has 2 atom stereocenters. The third kappa shape index (κ3) is 2.47. The topological polar surface area (TPSA) is 51.3 Å². The lowest BCUT2D eigenvalue weighted by molar-refractivity contribution is 0.0483. The molecular weight excluding hydrogens is 274 g/mol. The van der Waals surface area contributed by atoms with Gasteiger partial charge in [0.25, 0.3) is 5.91 Å². The maximum atomic E-state index is 12.9. The van der Waals surface area contributed by atoms with Gasteiger partial charge < -0.3 is 15.2 Å². The summed E-state index contributed by atoms with van der Waals surface area (Å²) in [6.45, 7) is 2.65. The number of nitrogens with two attached hydrogens (primary N) is 1. The zero-order valence-electron chi connectivity index (χ0n) is 11.9. The van der Waals surface area contributed by atoms with Crippen LogP contribution in [-0.2, 0) is 0 Å². The van der Waals surface area contributed by atoms with E-state index in [0.29, 0.717) is 17.6 Å². The number of carbonyl (C=O) groups excluding carboxylic acids is 1. The van der Waals surface area contributed by atoms with Crippen molar-refractivity contribution in [3.05, 3.63) is 23.0 Å². The van der Waals surface area contributed by atoms with E-state index < -0.39 is 0 Å². The van der Waals surface area contributed by atoms with E-state index in [1.807, 2.05) is 11.1 Å². The Bertz CT molecular complexity index is 509. The Hall–Kier alpha value is -1.00. The Kier molecular flexibility index (Phi) is 3.78. The molecule has 1 saturated heterocycles. The van der Waals surface area contributed by atoms with Crippen molar-refractivity contribution in [1.29, 1.82) is 0 Å². The van der Waals surface area contributed by atoms with Crippen molar-refractivity contribution in [2.24, 2.45) is 5.73 Å². The number of likely N-dealkylation sites (tertiary alicyclic amines) is 1. The summed E-state index contributed by atoms with van der Waals surface area (Å²) in [5.41, 5.74) is 6.59. The number of rotatable bonds is 3. The van der Waals surface area contributed by atoms with Gasteiger partial charge in [0.2, 0.25) is 0 Å². The smallest absolute Gasteiger partial charge is 0.271 e. The van der Waals surface area contributed by atoms with E-state index in [9.17, 15) is 4.79 Å². The van der Waals surface area contributed by atoms with Crippen molar-refractivity contribution in [3.8, 4) is 0 Å². The SMILES string of the molecule is CC1CCCC(CN)N1C(=O)c1cc(Cl)cn1C1CC1. The summed E-state index contributed by atoms with van der Waals surface area (Å²) in [5, 5.41) is 0.647. The maximum Gasteiger partial charge on any atom is 0.271 e. The summed E-state index contributed by atoms with van der Waals surface area (Å²) in [5.74, 6) is 0.0893. The van der Waals surface area contributed by atoms with E-state index in [1.165, 1.54) is 0 Å². The number of aromatic nitrogens is 1. The summed E-state index contributed by atoms with van der Waals surface area (Å²) in [6, 6.07) is 2.67. The Balaban J connectivity index is 1.90. The first-order valence-electron chi connectivity index (χ1n) is 7.52. The molecule has 1 aromatic rings. The molecular formula is C15H22ClN3O. The van der Waals surface area contributed by atoms with E-state index in [2.05, 4.69) is 11.5 Å². The van der Waals surface area contributed by atoms with Crippen molar-refractivity contribution in [2.75, 3.05) is 6.54 Å². The molecule has 2 unspecified atom stereocenters. The van der Waals surface area contributed by atoms with Crippen LogP contribution in [0.1, 0.15) is 55.6 Å². The van der Waals surface area contributed by atoms with Gasteiger partial charge in [0.15, 0.2) is 0 Å². The van der Waals surface area contributed by atoms with Gasteiger partial charge in [-0.1, -0.05) is 11.6 Å². The second kappa shape index (κ2) is 5.41. The number of amides is 1. The minimum atomic E-state index is 0.0893. The molecule has 2 N–H and O–H groups in total. The number of hydrogen-bond acceptors (Lipinski definition) is 2. The van der Waals surface area contributed by atoms with Crippen LogP contribution in [-0.4, -0.2) is 34.0 Å². The molecule has 2 aliphatic rings. The average molecular weight is 296 g/mol. The van der Waals surface area contributed by atoms with Crippen LogP contribution in [0.4, 0.5) is 0 Å². The van der Waals surface area contributed by atoms with E-state index in [4.69, 9.17) is 17.3 Å². The quantitative estimate of drug-likeness (QED) is 0.932. The summed E-state index contributed by atoms with van der Waals surface area (Å²) < 4.78 is 2.06. The van der Waals surface area contributed by atoms with Gasteiger partial charge in [0.05, 0.1) is 5.02 Å². The lowest BCUT2D eigenvalue weighted by Crippen LogP contribution is -2.52. The zero-order chi connectivity index (χ0) is 14.3. The highest BCUT2D eigenvalue weighted by molar-refractivity contribution is 6.31. The minimum Gasteiger partial charge on any atom is -0.339 e. The standard InChI is InChI=1S/C15H22ClN3O/c1-10-3-2-4-13(8-17)19(10)15(20)14-7-11(16)9-18(14)12-5-6-12/h7,9-10,12-13H,2-6,8,17H2,1H3. The van der Waals surface area contributed by atoms with Crippen LogP contribution in [0.5, 0.6) is 0 Å². The normalized spacial score (nSPS) is 26.9. The molecule has 0 bridgehead atoms. The summed E-state index contributed by atoms with van der Waals surface area (Å²) in [4.78, 5) is 14.9. The number of piperidine rings is 1. The van der Waals surface area contributed by atoms with Crippen molar-refractivity contribution in [3.63, 3.8) is 0 Å². The van der Waals surface area contributed by atoms with Gasteiger partial charge in [-0.15, -0.1) is 0 Å². The molecule has 0 radical (unpaired) electrons. The molecule has 0 spiro atoms. The van der Waals surface area contributed by atoms with Crippen LogP contribution in [0, 0.1) is 0 Å². The molecule has 1 amide bonds. The van der Waals surface area contributed by atoms with Gasteiger partial charge >= 0.3 is 0 Å². The Morgan fingerprint density at radius 1 is 1.40 bits per heavy atom. The van der Waals surface area contributed by atoms with E-state index in [-0.39, 0.29) is 18.0 Å². The molecule has 1 aliphatic heterocycles. The van der Waals surface area contributed by atoms with Crippen LogP contribution in [0.25, 0.3) is 0 Å². The fraction of sp³-hybridized carbons (Fsp3) is 0.667. The number of halogens is 1. The third-order valence-electron chi connectivity index (χ3n) is 4.51. The molecule has 20 heavy (non-hydrogen) atoms. The molecule has 1 aliphatic carbocycles. The van der Waals surface area contributed by atoms with Crippen LogP contribution in [0.2, 0.25) is 5.02 Å². The minimum absolute atomic E-state index is 0.0893. The first-order valence-corrected chi connectivity index (χ1v) is 7.89. The number of nitrogens with zero attached hydrogens (tertiary/aromatic N) is 2. The van der Waals surface area contributed by atoms with Crippen molar-refractivity contribution >= 4 is 17.5 Å². The second-order valence-electron chi connectivity index (χ2n) is 6.06. The van der Waals surface area contributed by atoms with E-state index >= 15 is 0 Å². The van der Waals surface area contributed by atoms with E-state index in [0.717, 1.165) is 37.8 Å². The average Bonchev–Trinajstić information content (AvgIpc) is 3.20. The first kappa shape index (κ1) is 14.0. The fourth-order valence-electron chi connectivity index (χ4n) is 3.29. The van der Waals surface area contributed by atoms with Gasteiger partial charge in [-0.25, -0.2) is 0 Å². The van der Waals surface area contributed by atoms with E-state index in [1.54, 1.807) is 6.07 Å². The molecule has 2 heterocycles. The predicted octanol–water partition coefficient (Wildman–Crippen LogP) is 2.82. The second-order valence-corrected chi connectivity index (χ2v) is 6.50. The molecule has 110 valence electrons. The van der Waals surface area contributed by atoms with Gasteiger partial charge in [-0.2, -0.15) is 0 Å². The van der Waals surface area contributed by atoms with Crippen LogP contribution in [0.15, 0.2) is 12.3 Å². The van der Waals surface area contributed by atoms with Gasteiger partial charge in [-0.05, 0) is 45.1 Å². The zero-order valence-corrected chi connectivity index (χ0v) is 12.6. The van der Waals surface area contributed by atoms with Crippen molar-refractivity contribution in [2.45, 2.75) is 57.2 Å². The molecule has 0 aromatic carbocycles. The summed E-state index contributed by atoms with van der Waals surface area (Å²) >= 11 is 6.11. The molecule has 5 heteroatoms. The van der Waals surface area contributed by atoms with Crippen molar-refractivity contribution in [1.82, 2.24) is 9.47 Å². The first-order chi connectivity index (χ1) is 9.61. The number of hydrogen-bond donors (Lipinski definition) is 1. The Morgan fingerprint density at radius 2 is 2.15 bits per heavy atom. The lowest BCUT2D eigenvalue weighted by atomic mass is 9.96. The van der Waals surface area contributed by atoms with Crippen molar-refractivity contribution < 1.29 is 4.79 Å². The maximum absolute atomic E-state index is 12.9. The highest BCUT2D eigenvalue weighted by atomic mass is 35.5. The molecule has 2 fully saturated rings. The predicted molar refractivity (Wildman–Crippen MR) is 80.0 cm³/mol. The Labute approximate surface area is 124 Å². The molecule has 4 nitrogen and oxygen atoms in total. The lowest BCUT2D eigenvalue weighted by Gasteiger charge is -2.40. The molecule has 3 rings (SSSR count). The number of carbonyl (C=O) groups is 1. The molecule has 1 saturated carbocycles.